The van der Waals surface area contributed by atoms with Gasteiger partial charge in [-0.05, 0) is 12.1 Å². The van der Waals surface area contributed by atoms with Crippen molar-refractivity contribution in [3.63, 3.8) is 0 Å². The molecule has 1 aliphatic heterocycles. The second-order valence-electron chi connectivity index (χ2n) is 4.80. The fourth-order valence-corrected chi connectivity index (χ4v) is 2.21. The van der Waals surface area contributed by atoms with Crippen LogP contribution in [0.15, 0.2) is 42.7 Å². The molecule has 1 aromatic heterocycles. The van der Waals surface area contributed by atoms with E-state index < -0.39 is 17.6 Å². The highest BCUT2D eigenvalue weighted by molar-refractivity contribution is 6.40. The molecule has 0 saturated carbocycles. The summed E-state index contributed by atoms with van der Waals surface area (Å²) in [6, 6.07) is 10.8. The second-order valence-corrected chi connectivity index (χ2v) is 4.80. The van der Waals surface area contributed by atoms with Crippen molar-refractivity contribution in [2.75, 3.05) is 13.6 Å². The molecule has 1 aromatic carbocycles. The molecular formula is C15H13N3O3. The fourth-order valence-electron chi connectivity index (χ4n) is 2.21. The maximum Gasteiger partial charge on any atom is 0.290 e. The van der Waals surface area contributed by atoms with Crippen molar-refractivity contribution in [2.24, 2.45) is 0 Å². The Morgan fingerprint density at radius 1 is 1.19 bits per heavy atom. The van der Waals surface area contributed by atoms with Crippen LogP contribution in [0.1, 0.15) is 11.6 Å². The maximum absolute atomic E-state index is 11.9. The Morgan fingerprint density at radius 3 is 2.62 bits per heavy atom. The Labute approximate surface area is 121 Å². The molecule has 1 saturated heterocycles. The van der Waals surface area contributed by atoms with Crippen molar-refractivity contribution in [3.8, 4) is 11.6 Å². The first-order chi connectivity index (χ1) is 10.1. The average Bonchev–Trinajstić information content (AvgIpc) is 2.76. The van der Waals surface area contributed by atoms with Gasteiger partial charge in [0.15, 0.2) is 0 Å². The van der Waals surface area contributed by atoms with Gasteiger partial charge in [-0.15, -0.1) is 0 Å². The van der Waals surface area contributed by atoms with Crippen LogP contribution in [0.25, 0.3) is 0 Å². The number of ether oxygens (including phenoxy) is 1. The molecule has 0 spiro atoms. The van der Waals surface area contributed by atoms with Gasteiger partial charge < -0.3 is 9.64 Å². The first-order valence-electron chi connectivity index (χ1n) is 6.49. The summed E-state index contributed by atoms with van der Waals surface area (Å²) in [6.45, 7) is 0.333. The Kier molecular flexibility index (Phi) is 3.35. The molecule has 2 aromatic rings. The SMILES string of the molecule is CN1CC(c2cc(Oc3ccccc3)ncn2)C(=O)C1=O. The van der Waals surface area contributed by atoms with E-state index in [9.17, 15) is 9.59 Å². The number of para-hydroxylation sites is 1. The van der Waals surface area contributed by atoms with Crippen molar-refractivity contribution >= 4 is 11.7 Å². The number of ketones is 1. The molecule has 1 unspecified atom stereocenters. The van der Waals surface area contributed by atoms with Gasteiger partial charge >= 0.3 is 0 Å². The van der Waals surface area contributed by atoms with Crippen LogP contribution < -0.4 is 4.74 Å². The Morgan fingerprint density at radius 2 is 1.95 bits per heavy atom. The molecule has 2 heterocycles. The Balaban J connectivity index is 1.84. The molecular weight excluding hydrogens is 270 g/mol. The molecule has 1 amide bonds. The number of nitrogens with zero attached hydrogens (tertiary/aromatic N) is 3. The summed E-state index contributed by atoms with van der Waals surface area (Å²) in [7, 11) is 1.60. The largest absolute Gasteiger partial charge is 0.439 e. The van der Waals surface area contributed by atoms with Gasteiger partial charge in [0.25, 0.3) is 5.91 Å². The van der Waals surface area contributed by atoms with Crippen LogP contribution >= 0.6 is 0 Å². The Hall–Kier alpha value is -2.76. The van der Waals surface area contributed by atoms with Crippen molar-refractivity contribution in [3.05, 3.63) is 48.4 Å². The molecule has 1 fully saturated rings. The van der Waals surface area contributed by atoms with Crippen LogP contribution in [0.2, 0.25) is 0 Å². The number of carbonyl (C=O) groups excluding carboxylic acids is 2. The number of benzene rings is 1. The van der Waals surface area contributed by atoms with Gasteiger partial charge in [0.1, 0.15) is 12.1 Å². The van der Waals surface area contributed by atoms with E-state index in [1.807, 2.05) is 18.2 Å². The van der Waals surface area contributed by atoms with Crippen molar-refractivity contribution in [2.45, 2.75) is 5.92 Å². The van der Waals surface area contributed by atoms with E-state index in [4.69, 9.17) is 4.74 Å². The summed E-state index contributed by atoms with van der Waals surface area (Å²) >= 11 is 0. The maximum atomic E-state index is 11.9. The number of carbonyl (C=O) groups is 2. The van der Waals surface area contributed by atoms with Crippen LogP contribution in [-0.4, -0.2) is 40.2 Å². The normalized spacial score (nSPS) is 18.1. The average molecular weight is 283 g/mol. The molecule has 21 heavy (non-hydrogen) atoms. The molecule has 6 nitrogen and oxygen atoms in total. The fraction of sp³-hybridized carbons (Fsp3) is 0.200. The highest BCUT2D eigenvalue weighted by Crippen LogP contribution is 2.26. The number of rotatable bonds is 3. The molecule has 0 N–H and O–H groups in total. The summed E-state index contributed by atoms with van der Waals surface area (Å²) in [5, 5.41) is 0. The molecule has 1 atom stereocenters. The minimum Gasteiger partial charge on any atom is -0.439 e. The standard InChI is InChI=1S/C15H13N3O3/c1-18-8-11(14(19)15(18)20)12-7-13(17-9-16-12)21-10-5-3-2-4-6-10/h2-7,9,11H,8H2,1H3. The van der Waals surface area contributed by atoms with E-state index in [1.54, 1.807) is 25.2 Å². The monoisotopic (exact) mass is 283 g/mol. The van der Waals surface area contributed by atoms with Gasteiger partial charge in [-0.1, -0.05) is 18.2 Å². The van der Waals surface area contributed by atoms with Gasteiger partial charge in [0, 0.05) is 19.7 Å². The Bertz CT molecular complexity index is 688. The predicted molar refractivity (Wildman–Crippen MR) is 73.9 cm³/mol. The lowest BCUT2D eigenvalue weighted by molar-refractivity contribution is -0.139. The first kappa shape index (κ1) is 13.2. The molecule has 1 aliphatic rings. The van der Waals surface area contributed by atoms with E-state index in [-0.39, 0.29) is 0 Å². The number of Topliss-reactive ketones (excluding diaryl/α,β-unsaturated/α-hetero) is 1. The van der Waals surface area contributed by atoms with Crippen molar-refractivity contribution < 1.29 is 14.3 Å². The van der Waals surface area contributed by atoms with Crippen molar-refractivity contribution in [1.82, 2.24) is 14.9 Å². The number of likely N-dealkylation sites (N-methyl/N-ethyl adjacent to an activating group) is 1. The van der Waals surface area contributed by atoms with E-state index in [2.05, 4.69) is 9.97 Å². The van der Waals surface area contributed by atoms with Crippen molar-refractivity contribution in [1.29, 1.82) is 0 Å². The highest BCUT2D eigenvalue weighted by Gasteiger charge is 2.38. The van der Waals surface area contributed by atoms with Gasteiger partial charge in [0.05, 0.1) is 11.6 Å². The lowest BCUT2D eigenvalue weighted by atomic mass is 10.0. The number of amides is 1. The molecule has 0 aliphatic carbocycles. The predicted octanol–water partition coefficient (Wildman–Crippen LogP) is 1.39. The summed E-state index contributed by atoms with van der Waals surface area (Å²) in [5.74, 6) is -0.483. The highest BCUT2D eigenvalue weighted by atomic mass is 16.5. The van der Waals surface area contributed by atoms with Crippen LogP contribution in [0, 0.1) is 0 Å². The third kappa shape index (κ3) is 2.60. The summed E-state index contributed by atoms with van der Waals surface area (Å²) in [6.07, 6.45) is 1.34. The number of likely N-dealkylation sites (tertiary alicyclic amines) is 1. The number of hydrogen-bond acceptors (Lipinski definition) is 5. The molecule has 0 bridgehead atoms. The minimum atomic E-state index is -0.552. The summed E-state index contributed by atoms with van der Waals surface area (Å²) in [5.41, 5.74) is 0.499. The lowest BCUT2D eigenvalue weighted by Gasteiger charge is -2.09. The molecule has 106 valence electrons. The van der Waals surface area contributed by atoms with Crippen LogP contribution in [-0.2, 0) is 9.59 Å². The van der Waals surface area contributed by atoms with E-state index in [1.165, 1.54) is 11.2 Å². The zero-order valence-electron chi connectivity index (χ0n) is 11.4. The zero-order valence-corrected chi connectivity index (χ0v) is 11.4. The van der Waals surface area contributed by atoms with Gasteiger partial charge in [-0.2, -0.15) is 0 Å². The molecule has 3 rings (SSSR count). The van der Waals surface area contributed by atoms with Crippen LogP contribution in [0.5, 0.6) is 11.6 Å². The quantitative estimate of drug-likeness (QED) is 0.796. The third-order valence-corrected chi connectivity index (χ3v) is 3.32. The lowest BCUT2D eigenvalue weighted by Crippen LogP contribution is -2.22. The third-order valence-electron chi connectivity index (χ3n) is 3.32. The molecule has 0 radical (unpaired) electrons. The van der Waals surface area contributed by atoms with E-state index >= 15 is 0 Å². The topological polar surface area (TPSA) is 72.4 Å². The minimum absolute atomic E-state index is 0.333. The first-order valence-corrected chi connectivity index (χ1v) is 6.49. The van der Waals surface area contributed by atoms with E-state index in [0.717, 1.165) is 0 Å². The molecule has 6 heteroatoms. The smallest absolute Gasteiger partial charge is 0.290 e. The van der Waals surface area contributed by atoms with E-state index in [0.29, 0.717) is 23.9 Å². The number of aromatic nitrogens is 2. The van der Waals surface area contributed by atoms with Crippen LogP contribution in [0.4, 0.5) is 0 Å². The zero-order chi connectivity index (χ0) is 14.8. The number of hydrogen-bond donors (Lipinski definition) is 0. The summed E-state index contributed by atoms with van der Waals surface area (Å²) in [4.78, 5) is 33.0. The van der Waals surface area contributed by atoms with Crippen LogP contribution in [0.3, 0.4) is 0 Å². The van der Waals surface area contributed by atoms with Gasteiger partial charge in [0.2, 0.25) is 11.7 Å². The van der Waals surface area contributed by atoms with Gasteiger partial charge in [-0.3, -0.25) is 9.59 Å². The summed E-state index contributed by atoms with van der Waals surface area (Å²) < 4.78 is 5.61. The van der Waals surface area contributed by atoms with Gasteiger partial charge in [-0.25, -0.2) is 9.97 Å². The second kappa shape index (κ2) is 5.32.